The summed E-state index contributed by atoms with van der Waals surface area (Å²) in [4.78, 5) is 24.7. The average Bonchev–Trinajstić information content (AvgIpc) is 2.67. The van der Waals surface area contributed by atoms with Crippen molar-refractivity contribution in [3.05, 3.63) is 11.3 Å². The highest BCUT2D eigenvalue weighted by atomic mass is 16.6. The molecule has 1 amide bonds. The van der Waals surface area contributed by atoms with Crippen LogP contribution in [0.1, 0.15) is 27.2 Å². The molecular weight excluding hydrogens is 238 g/mol. The molecule has 6 nitrogen and oxygen atoms in total. The number of amides is 1. The van der Waals surface area contributed by atoms with Gasteiger partial charge in [-0.15, -0.1) is 0 Å². The van der Waals surface area contributed by atoms with E-state index in [4.69, 9.17) is 9.47 Å². The van der Waals surface area contributed by atoms with Gasteiger partial charge in [0.25, 0.3) is 0 Å². The van der Waals surface area contributed by atoms with Crippen LogP contribution in [0.4, 0.5) is 4.79 Å². The Morgan fingerprint density at radius 2 is 1.89 bits per heavy atom. The highest BCUT2D eigenvalue weighted by Crippen LogP contribution is 2.26. The van der Waals surface area contributed by atoms with Gasteiger partial charge in [-0.1, -0.05) is 6.92 Å². The Kier molecular flexibility index (Phi) is 5.00. The lowest BCUT2D eigenvalue weighted by molar-refractivity contribution is -0.138. The van der Waals surface area contributed by atoms with Crippen molar-refractivity contribution in [2.45, 2.75) is 33.2 Å². The smallest absolute Gasteiger partial charge is 0.410 e. The van der Waals surface area contributed by atoms with Gasteiger partial charge in [0.1, 0.15) is 5.76 Å². The molecule has 1 heterocycles. The third-order valence-corrected chi connectivity index (χ3v) is 2.74. The first-order valence-electron chi connectivity index (χ1n) is 6.09. The molecule has 0 aromatic heterocycles. The molecule has 0 radical (unpaired) electrons. The minimum atomic E-state index is -0.583. The van der Waals surface area contributed by atoms with Gasteiger partial charge in [-0.25, -0.2) is 9.59 Å². The molecule has 0 saturated heterocycles. The van der Waals surface area contributed by atoms with Crippen LogP contribution < -0.4 is 0 Å². The highest BCUT2D eigenvalue weighted by Gasteiger charge is 2.38. The fourth-order valence-electron chi connectivity index (χ4n) is 1.91. The summed E-state index contributed by atoms with van der Waals surface area (Å²) in [7, 11) is 0. The largest absolute Gasteiger partial charge is 0.509 e. The SMILES string of the molecule is CCOC(=O)C1=C(O)C(CC)N(C(=O)OCC)C1. The minimum absolute atomic E-state index is 0.0298. The van der Waals surface area contributed by atoms with Gasteiger partial charge in [0.2, 0.25) is 0 Å². The molecule has 0 aliphatic carbocycles. The monoisotopic (exact) mass is 257 g/mol. The molecule has 0 bridgehead atoms. The molecule has 0 fully saturated rings. The van der Waals surface area contributed by atoms with Gasteiger partial charge in [0, 0.05) is 0 Å². The van der Waals surface area contributed by atoms with Crippen LogP contribution in [0.15, 0.2) is 11.3 Å². The van der Waals surface area contributed by atoms with Crippen molar-refractivity contribution >= 4 is 12.1 Å². The van der Waals surface area contributed by atoms with Crippen LogP contribution in [0.5, 0.6) is 0 Å². The van der Waals surface area contributed by atoms with Crippen molar-refractivity contribution in [3.63, 3.8) is 0 Å². The first-order valence-corrected chi connectivity index (χ1v) is 6.09. The quantitative estimate of drug-likeness (QED) is 0.774. The van der Waals surface area contributed by atoms with Crippen molar-refractivity contribution in [1.29, 1.82) is 0 Å². The van der Waals surface area contributed by atoms with Crippen molar-refractivity contribution in [3.8, 4) is 0 Å². The van der Waals surface area contributed by atoms with E-state index >= 15 is 0 Å². The van der Waals surface area contributed by atoms with Crippen LogP contribution in [0, 0.1) is 0 Å². The van der Waals surface area contributed by atoms with Gasteiger partial charge in [0.05, 0.1) is 31.4 Å². The van der Waals surface area contributed by atoms with Crippen LogP contribution in [-0.4, -0.2) is 47.9 Å². The second-order valence-electron chi connectivity index (χ2n) is 3.84. The molecule has 6 heteroatoms. The first-order chi connectivity index (χ1) is 8.56. The maximum absolute atomic E-state index is 11.7. The number of aliphatic hydroxyl groups is 1. The Labute approximate surface area is 106 Å². The normalized spacial score (nSPS) is 19.1. The fourth-order valence-corrected chi connectivity index (χ4v) is 1.91. The zero-order chi connectivity index (χ0) is 13.7. The lowest BCUT2D eigenvalue weighted by Gasteiger charge is -2.22. The summed E-state index contributed by atoms with van der Waals surface area (Å²) < 4.78 is 9.73. The number of rotatable bonds is 4. The summed E-state index contributed by atoms with van der Waals surface area (Å²) in [5, 5.41) is 9.96. The number of carbonyl (C=O) groups excluding carboxylic acids is 2. The summed E-state index contributed by atoms with van der Waals surface area (Å²) in [5.41, 5.74) is 0.136. The lowest BCUT2D eigenvalue weighted by Crippen LogP contribution is -2.38. The molecule has 0 aromatic rings. The average molecular weight is 257 g/mol. The van der Waals surface area contributed by atoms with E-state index in [0.29, 0.717) is 6.42 Å². The van der Waals surface area contributed by atoms with Crippen molar-refractivity contribution in [2.24, 2.45) is 0 Å². The van der Waals surface area contributed by atoms with Crippen LogP contribution in [0.25, 0.3) is 0 Å². The zero-order valence-corrected chi connectivity index (χ0v) is 10.9. The van der Waals surface area contributed by atoms with E-state index in [1.807, 2.05) is 6.92 Å². The highest BCUT2D eigenvalue weighted by molar-refractivity contribution is 5.91. The molecule has 0 spiro atoms. The molecule has 0 saturated carbocycles. The summed E-state index contributed by atoms with van der Waals surface area (Å²) in [6, 6.07) is -0.511. The van der Waals surface area contributed by atoms with Crippen LogP contribution in [0.2, 0.25) is 0 Å². The topological polar surface area (TPSA) is 76.1 Å². The van der Waals surface area contributed by atoms with Gasteiger partial charge in [-0.2, -0.15) is 0 Å². The molecule has 1 rings (SSSR count). The van der Waals surface area contributed by atoms with E-state index in [2.05, 4.69) is 0 Å². The third-order valence-electron chi connectivity index (χ3n) is 2.74. The summed E-state index contributed by atoms with van der Waals surface area (Å²) in [6.45, 7) is 5.72. The standard InChI is InChI=1S/C12H19NO5/c1-4-9-10(14)8(11(15)17-5-2)7-13(9)12(16)18-6-3/h9,14H,4-7H2,1-3H3. The Balaban J connectivity index is 2.86. The molecule has 1 aliphatic rings. The molecule has 1 aliphatic heterocycles. The molecule has 1 unspecified atom stereocenters. The molecule has 18 heavy (non-hydrogen) atoms. The first kappa shape index (κ1) is 14.3. The van der Waals surface area contributed by atoms with Crippen molar-refractivity contribution in [1.82, 2.24) is 4.90 Å². The van der Waals surface area contributed by atoms with E-state index in [9.17, 15) is 14.7 Å². The van der Waals surface area contributed by atoms with Gasteiger partial charge in [-0.05, 0) is 20.3 Å². The molecular formula is C12H19NO5. The molecule has 1 N–H and O–H groups in total. The van der Waals surface area contributed by atoms with Crippen molar-refractivity contribution in [2.75, 3.05) is 19.8 Å². The molecule has 0 aromatic carbocycles. The summed E-state index contributed by atoms with van der Waals surface area (Å²) in [5.74, 6) is -0.677. The van der Waals surface area contributed by atoms with E-state index in [1.54, 1.807) is 13.8 Å². The Morgan fingerprint density at radius 1 is 1.28 bits per heavy atom. The number of ether oxygens (including phenoxy) is 2. The van der Waals surface area contributed by atoms with E-state index in [1.165, 1.54) is 4.90 Å². The summed E-state index contributed by atoms with van der Waals surface area (Å²) >= 11 is 0. The fraction of sp³-hybridized carbons (Fsp3) is 0.667. The number of nitrogens with zero attached hydrogens (tertiary/aromatic N) is 1. The van der Waals surface area contributed by atoms with Crippen LogP contribution >= 0.6 is 0 Å². The van der Waals surface area contributed by atoms with Crippen LogP contribution in [-0.2, 0) is 14.3 Å². The Morgan fingerprint density at radius 3 is 2.39 bits per heavy atom. The Hall–Kier alpha value is -1.72. The maximum Gasteiger partial charge on any atom is 0.410 e. The Bertz CT molecular complexity index is 363. The van der Waals surface area contributed by atoms with Gasteiger partial charge in [-0.3, -0.25) is 4.90 Å². The molecule has 1 atom stereocenters. The van der Waals surface area contributed by atoms with Gasteiger partial charge in [0.15, 0.2) is 0 Å². The second kappa shape index (κ2) is 6.28. The molecule has 102 valence electrons. The van der Waals surface area contributed by atoms with Crippen LogP contribution in [0.3, 0.4) is 0 Å². The van der Waals surface area contributed by atoms with Gasteiger partial charge >= 0.3 is 12.1 Å². The second-order valence-corrected chi connectivity index (χ2v) is 3.84. The number of hydrogen-bond donors (Lipinski definition) is 1. The lowest BCUT2D eigenvalue weighted by atomic mass is 10.1. The summed E-state index contributed by atoms with van der Waals surface area (Å²) in [6.07, 6.45) is -0.0247. The number of esters is 1. The number of aliphatic hydroxyl groups excluding tert-OH is 1. The van der Waals surface area contributed by atoms with Crippen molar-refractivity contribution < 1.29 is 24.2 Å². The number of hydrogen-bond acceptors (Lipinski definition) is 5. The minimum Gasteiger partial charge on any atom is -0.509 e. The van der Waals surface area contributed by atoms with Gasteiger partial charge < -0.3 is 14.6 Å². The maximum atomic E-state index is 11.7. The van der Waals surface area contributed by atoms with E-state index < -0.39 is 18.1 Å². The van der Waals surface area contributed by atoms with E-state index in [0.717, 1.165) is 0 Å². The third kappa shape index (κ3) is 2.75. The van der Waals surface area contributed by atoms with E-state index in [-0.39, 0.29) is 31.1 Å². The predicted octanol–water partition coefficient (Wildman–Crippen LogP) is 1.61. The zero-order valence-electron chi connectivity index (χ0n) is 10.9. The predicted molar refractivity (Wildman–Crippen MR) is 64.1 cm³/mol. The number of carbonyl (C=O) groups is 2.